The Labute approximate surface area is 139 Å². The van der Waals surface area contributed by atoms with Gasteiger partial charge in [0, 0.05) is 12.1 Å². The highest BCUT2D eigenvalue weighted by molar-refractivity contribution is 7.16. The van der Waals surface area contributed by atoms with Crippen molar-refractivity contribution >= 4 is 22.3 Å². The second kappa shape index (κ2) is 6.28. The van der Waals surface area contributed by atoms with Gasteiger partial charge in [0.25, 0.3) is 5.56 Å². The number of aryl methyl sites for hydroxylation is 1. The lowest BCUT2D eigenvalue weighted by atomic mass is 10.2. The molecular weight excluding hydrogens is 334 g/mol. The van der Waals surface area contributed by atoms with Gasteiger partial charge in [-0.05, 0) is 18.6 Å². The molecule has 2 N–H and O–H groups in total. The van der Waals surface area contributed by atoms with Gasteiger partial charge in [0.15, 0.2) is 0 Å². The number of hydrogen-bond acceptors (Lipinski definition) is 8. The van der Waals surface area contributed by atoms with Crippen LogP contribution >= 0.6 is 11.3 Å². The number of ether oxygens (including phenoxy) is 1. The summed E-state index contributed by atoms with van der Waals surface area (Å²) < 4.78 is 6.27. The normalized spacial score (nSPS) is 10.9. The van der Waals surface area contributed by atoms with E-state index in [9.17, 15) is 19.8 Å². The molecule has 1 aromatic carbocycles. The average molecular weight is 347 g/mol. The monoisotopic (exact) mass is 347 g/mol. The van der Waals surface area contributed by atoms with Crippen LogP contribution in [0.1, 0.15) is 28.0 Å². The summed E-state index contributed by atoms with van der Waals surface area (Å²) in [7, 11) is 0. The number of carbonyl (C=O) groups is 1. The number of carbonyl (C=O) groups excluding carboxylic acids is 1. The predicted octanol–water partition coefficient (Wildman–Crippen LogP) is 1.48. The second-order valence-corrected chi connectivity index (χ2v) is 5.95. The summed E-state index contributed by atoms with van der Waals surface area (Å²) in [6, 6.07) is 4.79. The molecule has 0 aliphatic carbocycles. The number of aromatic hydroxyl groups is 2. The molecule has 0 unspecified atom stereocenters. The molecule has 0 amide bonds. The van der Waals surface area contributed by atoms with E-state index in [4.69, 9.17) is 4.74 Å². The van der Waals surface area contributed by atoms with E-state index in [1.165, 1.54) is 34.1 Å². The third kappa shape index (κ3) is 3.06. The van der Waals surface area contributed by atoms with Crippen molar-refractivity contribution in [3.63, 3.8) is 0 Å². The quantitative estimate of drug-likeness (QED) is 0.687. The first-order valence-electron chi connectivity index (χ1n) is 7.05. The van der Waals surface area contributed by atoms with Crippen LogP contribution in [0.3, 0.4) is 0 Å². The molecule has 0 aliphatic heterocycles. The Morgan fingerprint density at radius 3 is 2.83 bits per heavy atom. The minimum absolute atomic E-state index is 0.0864. The van der Waals surface area contributed by atoms with E-state index < -0.39 is 11.7 Å². The molecule has 3 aromatic rings. The molecule has 9 heteroatoms. The molecule has 0 saturated heterocycles. The molecule has 2 heterocycles. The Balaban J connectivity index is 1.80. The van der Waals surface area contributed by atoms with Gasteiger partial charge in [0.2, 0.25) is 4.96 Å². The molecule has 0 bridgehead atoms. The highest BCUT2D eigenvalue weighted by Crippen LogP contribution is 2.23. The molecule has 0 atom stereocenters. The molecule has 124 valence electrons. The van der Waals surface area contributed by atoms with Crippen molar-refractivity contribution in [2.24, 2.45) is 0 Å². The number of aromatic nitrogens is 3. The Kier molecular flexibility index (Phi) is 4.17. The van der Waals surface area contributed by atoms with E-state index in [1.54, 1.807) is 0 Å². The highest BCUT2D eigenvalue weighted by Gasteiger charge is 2.15. The van der Waals surface area contributed by atoms with Crippen LogP contribution in [0.4, 0.5) is 0 Å². The van der Waals surface area contributed by atoms with E-state index in [-0.39, 0.29) is 29.2 Å². The smallest absolute Gasteiger partial charge is 0.342 e. The molecule has 2 aromatic heterocycles. The molecule has 0 radical (unpaired) electrons. The molecule has 0 aliphatic rings. The molecule has 3 rings (SSSR count). The van der Waals surface area contributed by atoms with Crippen LogP contribution in [0.5, 0.6) is 11.5 Å². The third-order valence-corrected chi connectivity index (χ3v) is 4.25. The summed E-state index contributed by atoms with van der Waals surface area (Å²) in [5, 5.41) is 23.8. The number of phenols is 2. The molecule has 0 saturated carbocycles. The minimum Gasteiger partial charge on any atom is -0.508 e. The fourth-order valence-electron chi connectivity index (χ4n) is 2.02. The largest absolute Gasteiger partial charge is 0.508 e. The molecule has 24 heavy (non-hydrogen) atoms. The zero-order valence-corrected chi connectivity index (χ0v) is 13.4. The van der Waals surface area contributed by atoms with Crippen molar-refractivity contribution in [3.8, 4) is 11.5 Å². The number of fused-ring (bicyclic) bond motifs is 1. The first-order chi connectivity index (χ1) is 11.5. The van der Waals surface area contributed by atoms with Gasteiger partial charge in [-0.1, -0.05) is 18.3 Å². The fraction of sp³-hybridized carbons (Fsp3) is 0.200. The van der Waals surface area contributed by atoms with Crippen LogP contribution in [0.15, 0.2) is 29.1 Å². The summed E-state index contributed by atoms with van der Waals surface area (Å²) >= 11 is 1.29. The number of esters is 1. The Bertz CT molecular complexity index is 979. The van der Waals surface area contributed by atoms with Crippen molar-refractivity contribution in [1.29, 1.82) is 0 Å². The molecular formula is C15H13N3O5S. The Morgan fingerprint density at radius 2 is 2.12 bits per heavy atom. The zero-order chi connectivity index (χ0) is 17.3. The molecule has 8 nitrogen and oxygen atoms in total. The van der Waals surface area contributed by atoms with E-state index in [1.807, 2.05) is 6.92 Å². The number of phenolic OH excluding ortho intramolecular Hbond substituents is 2. The first kappa shape index (κ1) is 15.9. The van der Waals surface area contributed by atoms with Crippen molar-refractivity contribution < 1.29 is 19.7 Å². The number of rotatable bonds is 4. The van der Waals surface area contributed by atoms with Gasteiger partial charge in [-0.25, -0.2) is 9.78 Å². The van der Waals surface area contributed by atoms with Gasteiger partial charge in [-0.15, -0.1) is 0 Å². The van der Waals surface area contributed by atoms with Gasteiger partial charge in [0.1, 0.15) is 28.7 Å². The van der Waals surface area contributed by atoms with Crippen LogP contribution in [-0.4, -0.2) is 30.8 Å². The van der Waals surface area contributed by atoms with Gasteiger partial charge >= 0.3 is 5.97 Å². The van der Waals surface area contributed by atoms with Crippen LogP contribution in [0, 0.1) is 0 Å². The summed E-state index contributed by atoms with van der Waals surface area (Å²) in [4.78, 5) is 28.6. The lowest BCUT2D eigenvalue weighted by molar-refractivity contribution is 0.0464. The van der Waals surface area contributed by atoms with E-state index >= 15 is 0 Å². The van der Waals surface area contributed by atoms with Crippen LogP contribution < -0.4 is 5.56 Å². The number of hydrogen-bond donors (Lipinski definition) is 2. The van der Waals surface area contributed by atoms with Crippen LogP contribution in [0.25, 0.3) is 4.96 Å². The topological polar surface area (TPSA) is 114 Å². The van der Waals surface area contributed by atoms with E-state index in [2.05, 4.69) is 10.1 Å². The Morgan fingerprint density at radius 1 is 1.33 bits per heavy atom. The molecule has 0 fully saturated rings. The maximum atomic E-state index is 12.0. The SMILES string of the molecule is CCc1nn2c(=O)cc(COC(=O)c3ccc(O)cc3O)nc2s1. The standard InChI is InChI=1S/C15H13N3O5S/c1-2-12-17-18-13(21)5-8(16-15(18)24-12)7-23-14(22)10-4-3-9(19)6-11(10)20/h3-6,19-20H,2,7H2,1H3. The van der Waals surface area contributed by atoms with Gasteiger partial charge in [-0.3, -0.25) is 4.79 Å². The van der Waals surface area contributed by atoms with Crippen molar-refractivity contribution in [1.82, 2.24) is 14.6 Å². The number of nitrogens with zero attached hydrogens (tertiary/aromatic N) is 3. The molecule has 0 spiro atoms. The summed E-state index contributed by atoms with van der Waals surface area (Å²) in [6.45, 7) is 1.71. The first-order valence-corrected chi connectivity index (χ1v) is 7.87. The summed E-state index contributed by atoms with van der Waals surface area (Å²) in [5.41, 5.74) is -0.149. The maximum Gasteiger partial charge on any atom is 0.342 e. The van der Waals surface area contributed by atoms with E-state index in [0.717, 1.165) is 11.1 Å². The lowest BCUT2D eigenvalue weighted by Gasteiger charge is -2.06. The van der Waals surface area contributed by atoms with Crippen molar-refractivity contribution in [2.75, 3.05) is 0 Å². The van der Waals surface area contributed by atoms with Crippen molar-refractivity contribution in [3.05, 3.63) is 50.9 Å². The second-order valence-electron chi connectivity index (χ2n) is 4.91. The van der Waals surface area contributed by atoms with Gasteiger partial charge in [0.05, 0.1) is 5.69 Å². The average Bonchev–Trinajstić information content (AvgIpc) is 2.96. The summed E-state index contributed by atoms with van der Waals surface area (Å²) in [5.74, 6) is -1.34. The lowest BCUT2D eigenvalue weighted by Crippen LogP contribution is -2.16. The highest BCUT2D eigenvalue weighted by atomic mass is 32.1. The van der Waals surface area contributed by atoms with Crippen molar-refractivity contribution in [2.45, 2.75) is 20.0 Å². The fourth-order valence-corrected chi connectivity index (χ4v) is 2.88. The Hall–Kier alpha value is -2.94. The number of benzene rings is 1. The van der Waals surface area contributed by atoms with Crippen LogP contribution in [-0.2, 0) is 17.8 Å². The maximum absolute atomic E-state index is 12.0. The van der Waals surface area contributed by atoms with E-state index in [0.29, 0.717) is 11.4 Å². The minimum atomic E-state index is -0.784. The van der Waals surface area contributed by atoms with Gasteiger partial charge < -0.3 is 14.9 Å². The third-order valence-electron chi connectivity index (χ3n) is 3.19. The summed E-state index contributed by atoms with van der Waals surface area (Å²) in [6.07, 6.45) is 0.692. The van der Waals surface area contributed by atoms with Crippen LogP contribution in [0.2, 0.25) is 0 Å². The zero-order valence-electron chi connectivity index (χ0n) is 12.6. The van der Waals surface area contributed by atoms with Gasteiger partial charge in [-0.2, -0.15) is 9.61 Å². The predicted molar refractivity (Wildman–Crippen MR) is 85.4 cm³/mol.